The molecule has 0 radical (unpaired) electrons. The Labute approximate surface area is 124 Å². The van der Waals surface area contributed by atoms with Crippen molar-refractivity contribution >= 4 is 23.8 Å². The van der Waals surface area contributed by atoms with Gasteiger partial charge >= 0.3 is 0 Å². The Hall–Kier alpha value is -1.32. The van der Waals surface area contributed by atoms with Crippen LogP contribution in [0.4, 0.5) is 4.39 Å². The van der Waals surface area contributed by atoms with Crippen LogP contribution in [0.15, 0.2) is 42.5 Å². The van der Waals surface area contributed by atoms with E-state index < -0.39 is 0 Å². The largest absolute Gasteiger partial charge is 0.372 e. The summed E-state index contributed by atoms with van der Waals surface area (Å²) in [6, 6.07) is 12.8. The van der Waals surface area contributed by atoms with Crippen LogP contribution >= 0.6 is 11.6 Å². The van der Waals surface area contributed by atoms with E-state index in [0.29, 0.717) is 18.2 Å². The van der Waals surface area contributed by atoms with Gasteiger partial charge in [0.15, 0.2) is 6.71 Å². The zero-order valence-corrected chi connectivity index (χ0v) is 12.5. The Morgan fingerprint density at radius 3 is 2.35 bits per heavy atom. The van der Waals surface area contributed by atoms with Gasteiger partial charge in [-0.3, -0.25) is 0 Å². The van der Waals surface area contributed by atoms with Gasteiger partial charge in [0.2, 0.25) is 0 Å². The van der Waals surface area contributed by atoms with Gasteiger partial charge in [0.1, 0.15) is 5.82 Å². The first-order valence-electron chi connectivity index (χ1n) is 6.67. The summed E-state index contributed by atoms with van der Waals surface area (Å²) in [5.74, 6) is -0.163. The first-order valence-corrected chi connectivity index (χ1v) is 7.04. The Bertz CT molecular complexity index is 586. The highest BCUT2D eigenvalue weighted by Gasteiger charge is 2.09. The Kier molecular flexibility index (Phi) is 5.21. The van der Waals surface area contributed by atoms with Gasteiger partial charge in [-0.05, 0) is 34.8 Å². The van der Waals surface area contributed by atoms with Gasteiger partial charge in [0, 0.05) is 5.02 Å². The van der Waals surface area contributed by atoms with Gasteiger partial charge in [0.25, 0.3) is 0 Å². The van der Waals surface area contributed by atoms with Gasteiger partial charge in [-0.2, -0.15) is 0 Å². The van der Waals surface area contributed by atoms with Gasteiger partial charge in [-0.15, -0.1) is 0 Å². The monoisotopic (exact) mass is 290 g/mol. The van der Waals surface area contributed by atoms with Crippen molar-refractivity contribution < 1.29 is 9.13 Å². The van der Waals surface area contributed by atoms with E-state index >= 15 is 0 Å². The molecule has 0 atom stereocenters. The molecule has 0 N–H and O–H groups in total. The van der Waals surface area contributed by atoms with Crippen molar-refractivity contribution in [3.8, 4) is 0 Å². The van der Waals surface area contributed by atoms with E-state index in [1.807, 2.05) is 50.0 Å². The van der Waals surface area contributed by atoms with Crippen LogP contribution in [0.2, 0.25) is 18.7 Å². The van der Waals surface area contributed by atoms with Crippen LogP contribution in [0, 0.1) is 5.82 Å². The number of hydrogen-bond donors (Lipinski definition) is 0. The van der Waals surface area contributed by atoms with Crippen molar-refractivity contribution in [1.82, 2.24) is 0 Å². The number of hydrogen-bond acceptors (Lipinski definition) is 1. The molecule has 1 nitrogen and oxygen atoms in total. The van der Waals surface area contributed by atoms with Crippen molar-refractivity contribution in [1.29, 1.82) is 0 Å². The molecule has 0 aromatic heterocycles. The van der Waals surface area contributed by atoms with E-state index in [0.717, 1.165) is 16.6 Å². The molecule has 2 rings (SSSR count). The van der Waals surface area contributed by atoms with Gasteiger partial charge in [-0.25, -0.2) is 4.39 Å². The van der Waals surface area contributed by atoms with Crippen molar-refractivity contribution in [2.45, 2.75) is 26.9 Å². The number of rotatable bonds is 5. The zero-order chi connectivity index (χ0) is 14.5. The molecule has 2 aromatic rings. The number of benzene rings is 2. The molecule has 0 bridgehead atoms. The third kappa shape index (κ3) is 4.09. The topological polar surface area (TPSA) is 9.23 Å². The Balaban J connectivity index is 1.93. The highest BCUT2D eigenvalue weighted by molar-refractivity contribution is 6.70. The molecule has 0 aliphatic carbocycles. The summed E-state index contributed by atoms with van der Waals surface area (Å²) in [4.78, 5) is 0. The molecule has 20 heavy (non-hydrogen) atoms. The lowest BCUT2D eigenvalue weighted by Crippen LogP contribution is -2.26. The molecule has 0 amide bonds. The molecule has 0 aliphatic heterocycles. The maximum atomic E-state index is 13.8. The van der Waals surface area contributed by atoms with E-state index in [1.165, 1.54) is 0 Å². The second-order valence-corrected chi connectivity index (χ2v) is 5.57. The van der Waals surface area contributed by atoms with E-state index in [1.54, 1.807) is 6.07 Å². The first kappa shape index (κ1) is 15.1. The molecule has 4 heteroatoms. The molecule has 2 aromatic carbocycles. The van der Waals surface area contributed by atoms with E-state index in [2.05, 4.69) is 0 Å². The minimum absolute atomic E-state index is 0.163. The molecule has 0 aliphatic rings. The summed E-state index contributed by atoms with van der Waals surface area (Å²) >= 11 is 5.90. The fourth-order valence-corrected chi connectivity index (χ4v) is 2.26. The van der Waals surface area contributed by atoms with Gasteiger partial charge < -0.3 is 4.74 Å². The summed E-state index contributed by atoms with van der Waals surface area (Å²) < 4.78 is 19.4. The third-order valence-corrected chi connectivity index (χ3v) is 3.35. The van der Waals surface area contributed by atoms with Crippen LogP contribution < -0.4 is 5.46 Å². The van der Waals surface area contributed by atoms with E-state index in [9.17, 15) is 4.39 Å². The second-order valence-electron chi connectivity index (χ2n) is 5.13. The molecule has 0 unspecified atom stereocenters. The molecular formula is C16H17BClFO. The maximum absolute atomic E-state index is 13.8. The lowest BCUT2D eigenvalue weighted by molar-refractivity contribution is 0.107. The maximum Gasteiger partial charge on any atom is 0.173 e. The van der Waals surface area contributed by atoms with Crippen molar-refractivity contribution in [2.24, 2.45) is 0 Å². The molecule has 0 heterocycles. The van der Waals surface area contributed by atoms with Gasteiger partial charge in [0.05, 0.1) is 13.2 Å². The average molecular weight is 291 g/mol. The average Bonchev–Trinajstić information content (AvgIpc) is 2.38. The summed E-state index contributed by atoms with van der Waals surface area (Å²) in [6.07, 6.45) is 0. The summed E-state index contributed by atoms with van der Waals surface area (Å²) in [6.45, 7) is 5.01. The van der Waals surface area contributed by atoms with Crippen LogP contribution in [-0.4, -0.2) is 6.71 Å². The van der Waals surface area contributed by atoms with E-state index in [-0.39, 0.29) is 12.5 Å². The predicted octanol–water partition coefficient (Wildman–Crippen LogP) is 4.16. The zero-order valence-electron chi connectivity index (χ0n) is 11.7. The fraction of sp³-hybridized carbons (Fsp3) is 0.250. The van der Waals surface area contributed by atoms with Crippen molar-refractivity contribution in [2.75, 3.05) is 0 Å². The van der Waals surface area contributed by atoms with Crippen LogP contribution in [0.1, 0.15) is 11.1 Å². The molecular weight excluding hydrogens is 273 g/mol. The smallest absolute Gasteiger partial charge is 0.173 e. The minimum Gasteiger partial charge on any atom is -0.372 e. The first-order chi connectivity index (χ1) is 9.56. The molecule has 0 fully saturated rings. The fourth-order valence-electron chi connectivity index (χ4n) is 2.04. The molecule has 104 valence electrons. The Morgan fingerprint density at radius 1 is 1.05 bits per heavy atom. The van der Waals surface area contributed by atoms with Crippen LogP contribution in [-0.2, 0) is 18.0 Å². The lowest BCUT2D eigenvalue weighted by atomic mass is 9.49. The summed E-state index contributed by atoms with van der Waals surface area (Å²) in [7, 11) is 0. The van der Waals surface area contributed by atoms with Crippen molar-refractivity contribution in [3.05, 3.63) is 64.4 Å². The molecule has 0 spiro atoms. The van der Waals surface area contributed by atoms with Crippen LogP contribution in [0.25, 0.3) is 0 Å². The normalized spacial score (nSPS) is 10.6. The molecule has 0 saturated carbocycles. The van der Waals surface area contributed by atoms with Gasteiger partial charge in [-0.1, -0.05) is 49.5 Å². The second kappa shape index (κ2) is 6.91. The van der Waals surface area contributed by atoms with Crippen molar-refractivity contribution in [3.63, 3.8) is 0 Å². The summed E-state index contributed by atoms with van der Waals surface area (Å²) in [5, 5.41) is 0.693. The third-order valence-electron chi connectivity index (χ3n) is 3.11. The minimum atomic E-state index is -0.163. The van der Waals surface area contributed by atoms with E-state index in [4.69, 9.17) is 16.3 Å². The highest BCUT2D eigenvalue weighted by atomic mass is 35.5. The highest BCUT2D eigenvalue weighted by Crippen LogP contribution is 2.12. The van der Waals surface area contributed by atoms with Crippen LogP contribution in [0.3, 0.4) is 0 Å². The Morgan fingerprint density at radius 2 is 1.75 bits per heavy atom. The number of ether oxygens (including phenoxy) is 1. The quantitative estimate of drug-likeness (QED) is 0.751. The summed E-state index contributed by atoms with van der Waals surface area (Å²) in [5.41, 5.74) is 2.59. The lowest BCUT2D eigenvalue weighted by Gasteiger charge is -2.08. The molecule has 0 saturated heterocycles. The predicted molar refractivity (Wildman–Crippen MR) is 83.5 cm³/mol. The number of halogens is 2. The van der Waals surface area contributed by atoms with Crippen LogP contribution in [0.5, 0.6) is 0 Å². The standard InChI is InChI=1S/C16H17BClFO/c1-17(2)15-7-6-13(9-16(15)19)11-20-10-12-4-3-5-14(18)8-12/h3-9H,10-11H2,1-2H3. The SMILES string of the molecule is CB(C)c1ccc(COCc2cccc(Cl)c2)cc1F.